The van der Waals surface area contributed by atoms with Gasteiger partial charge in [-0.3, -0.25) is 4.79 Å². The third-order valence-corrected chi connectivity index (χ3v) is 4.02. The number of carbonyl (C=O) groups is 1. The molecule has 0 radical (unpaired) electrons. The number of carboxylic acids is 1. The molecule has 1 rings (SSSR count). The van der Waals surface area contributed by atoms with Gasteiger partial charge in [-0.05, 0) is 28.8 Å². The first-order chi connectivity index (χ1) is 9.83. The van der Waals surface area contributed by atoms with Crippen LogP contribution in [0.4, 0.5) is 5.82 Å². The fourth-order valence-corrected chi connectivity index (χ4v) is 2.53. The number of rotatable bonds is 9. The molecule has 116 valence electrons. The van der Waals surface area contributed by atoms with E-state index in [9.17, 15) is 23.3 Å². The molecule has 0 aromatic carbocycles. The number of aromatic nitrogens is 1. The summed E-state index contributed by atoms with van der Waals surface area (Å²) in [5.41, 5.74) is 0. The quantitative estimate of drug-likeness (QED) is 0.392. The van der Waals surface area contributed by atoms with Crippen LogP contribution < -0.4 is 4.72 Å². The van der Waals surface area contributed by atoms with Crippen LogP contribution in [0, 0.1) is 10.1 Å². The number of hydrogen-bond acceptors (Lipinski definition) is 6. The monoisotopic (exact) mass is 317 g/mol. The molecule has 1 aromatic rings. The zero-order valence-electron chi connectivity index (χ0n) is 11.1. The van der Waals surface area contributed by atoms with Gasteiger partial charge in [-0.2, -0.15) is 0 Å². The van der Waals surface area contributed by atoms with Crippen molar-refractivity contribution in [2.45, 2.75) is 30.6 Å². The van der Waals surface area contributed by atoms with Crippen molar-refractivity contribution in [1.29, 1.82) is 0 Å². The highest BCUT2D eigenvalue weighted by Gasteiger charge is 2.17. The van der Waals surface area contributed by atoms with E-state index in [0.717, 1.165) is 18.3 Å². The molecule has 0 atom stereocenters. The minimum atomic E-state index is -3.76. The Kier molecular flexibility index (Phi) is 6.18. The number of hydrogen-bond donors (Lipinski definition) is 2. The Morgan fingerprint density at radius 1 is 1.33 bits per heavy atom. The Bertz CT molecular complexity index is 599. The lowest BCUT2D eigenvalue weighted by Crippen LogP contribution is -2.25. The topological polar surface area (TPSA) is 140 Å². The lowest BCUT2D eigenvalue weighted by Gasteiger charge is -2.05. The minimum absolute atomic E-state index is 0.0546. The van der Waals surface area contributed by atoms with Crippen LogP contribution in [-0.4, -0.2) is 35.9 Å². The largest absolute Gasteiger partial charge is 0.481 e. The van der Waals surface area contributed by atoms with Gasteiger partial charge in [0.1, 0.15) is 4.90 Å². The first kappa shape index (κ1) is 17.0. The molecule has 2 N–H and O–H groups in total. The fourth-order valence-electron chi connectivity index (χ4n) is 1.51. The Labute approximate surface area is 121 Å². The van der Waals surface area contributed by atoms with Gasteiger partial charge < -0.3 is 15.2 Å². The molecule has 0 fully saturated rings. The van der Waals surface area contributed by atoms with Gasteiger partial charge in [0.15, 0.2) is 6.20 Å². The summed E-state index contributed by atoms with van der Waals surface area (Å²) in [6.07, 6.45) is 2.56. The molecule has 0 aliphatic carbocycles. The van der Waals surface area contributed by atoms with E-state index < -0.39 is 26.7 Å². The van der Waals surface area contributed by atoms with E-state index in [4.69, 9.17) is 5.11 Å². The molecule has 0 amide bonds. The van der Waals surface area contributed by atoms with Crippen molar-refractivity contribution in [2.24, 2.45) is 0 Å². The van der Waals surface area contributed by atoms with Gasteiger partial charge in [-0.1, -0.05) is 6.42 Å². The number of sulfonamides is 1. The van der Waals surface area contributed by atoms with Crippen LogP contribution >= 0.6 is 0 Å². The zero-order valence-corrected chi connectivity index (χ0v) is 11.9. The van der Waals surface area contributed by atoms with E-state index in [1.165, 1.54) is 0 Å². The van der Waals surface area contributed by atoms with Crippen molar-refractivity contribution in [3.05, 3.63) is 28.4 Å². The molecule has 1 heterocycles. The van der Waals surface area contributed by atoms with Gasteiger partial charge in [0.25, 0.3) is 0 Å². The van der Waals surface area contributed by atoms with Gasteiger partial charge in [-0.25, -0.2) is 13.1 Å². The highest BCUT2D eigenvalue weighted by atomic mass is 32.2. The van der Waals surface area contributed by atoms with Crippen molar-refractivity contribution in [3.63, 3.8) is 0 Å². The summed E-state index contributed by atoms with van der Waals surface area (Å²) in [5, 5.41) is 18.9. The summed E-state index contributed by atoms with van der Waals surface area (Å²) in [4.78, 5) is 23.3. The third-order valence-electron chi connectivity index (χ3n) is 2.58. The Balaban J connectivity index is 2.46. The predicted molar refractivity (Wildman–Crippen MR) is 72.2 cm³/mol. The van der Waals surface area contributed by atoms with Gasteiger partial charge in [0.2, 0.25) is 10.0 Å². The Hall–Kier alpha value is -2.07. The Morgan fingerprint density at radius 3 is 2.57 bits per heavy atom. The zero-order chi connectivity index (χ0) is 15.9. The molecule has 0 aliphatic rings. The summed E-state index contributed by atoms with van der Waals surface area (Å²) >= 11 is 0. The van der Waals surface area contributed by atoms with Gasteiger partial charge in [0.05, 0.1) is 0 Å². The van der Waals surface area contributed by atoms with E-state index in [-0.39, 0.29) is 17.9 Å². The average molecular weight is 317 g/mol. The van der Waals surface area contributed by atoms with Crippen LogP contribution in [0.2, 0.25) is 0 Å². The van der Waals surface area contributed by atoms with Crippen molar-refractivity contribution in [3.8, 4) is 0 Å². The molecular formula is C11H15N3O6S. The second-order valence-electron chi connectivity index (χ2n) is 4.21. The van der Waals surface area contributed by atoms with Gasteiger partial charge >= 0.3 is 11.8 Å². The molecule has 9 nitrogen and oxygen atoms in total. The first-order valence-corrected chi connectivity index (χ1v) is 7.63. The molecule has 0 saturated heterocycles. The Morgan fingerprint density at radius 2 is 2.05 bits per heavy atom. The number of unbranched alkanes of at least 4 members (excludes halogenated alkanes) is 2. The van der Waals surface area contributed by atoms with Crippen LogP contribution in [0.5, 0.6) is 0 Å². The maximum Gasteiger partial charge on any atom is 0.363 e. The molecule has 10 heteroatoms. The molecular weight excluding hydrogens is 302 g/mol. The number of nitro groups is 1. The van der Waals surface area contributed by atoms with Crippen LogP contribution in [0.15, 0.2) is 23.2 Å². The molecule has 0 aliphatic heterocycles. The van der Waals surface area contributed by atoms with Crippen molar-refractivity contribution in [2.75, 3.05) is 6.54 Å². The molecule has 0 unspecified atom stereocenters. The van der Waals surface area contributed by atoms with Crippen LogP contribution in [-0.2, 0) is 14.8 Å². The second-order valence-corrected chi connectivity index (χ2v) is 5.98. The molecule has 0 spiro atoms. The fraction of sp³-hybridized carbons (Fsp3) is 0.455. The van der Waals surface area contributed by atoms with Crippen molar-refractivity contribution < 1.29 is 23.2 Å². The number of pyridine rings is 1. The maximum absolute atomic E-state index is 11.8. The number of nitrogens with zero attached hydrogens (tertiary/aromatic N) is 2. The molecule has 1 aromatic heterocycles. The summed E-state index contributed by atoms with van der Waals surface area (Å²) in [7, 11) is -3.76. The SMILES string of the molecule is O=C(O)CCCCCNS(=O)(=O)c1ccc([N+](=O)[O-])nc1. The van der Waals surface area contributed by atoms with E-state index in [1.807, 2.05) is 0 Å². The molecule has 0 bridgehead atoms. The van der Waals surface area contributed by atoms with E-state index in [1.54, 1.807) is 0 Å². The van der Waals surface area contributed by atoms with Gasteiger partial charge in [0, 0.05) is 19.0 Å². The highest BCUT2D eigenvalue weighted by Crippen LogP contribution is 2.12. The number of carboxylic acid groups (broad SMARTS) is 1. The molecule has 0 saturated carbocycles. The third kappa shape index (κ3) is 5.83. The average Bonchev–Trinajstić information content (AvgIpc) is 2.42. The van der Waals surface area contributed by atoms with Crippen LogP contribution in [0.25, 0.3) is 0 Å². The minimum Gasteiger partial charge on any atom is -0.481 e. The highest BCUT2D eigenvalue weighted by molar-refractivity contribution is 7.89. The van der Waals surface area contributed by atoms with E-state index >= 15 is 0 Å². The summed E-state index contributed by atoms with van der Waals surface area (Å²) in [6, 6.07) is 2.12. The normalized spacial score (nSPS) is 11.2. The van der Waals surface area contributed by atoms with Crippen LogP contribution in [0.3, 0.4) is 0 Å². The summed E-state index contributed by atoms with van der Waals surface area (Å²) < 4.78 is 26.0. The summed E-state index contributed by atoms with van der Waals surface area (Å²) in [5.74, 6) is -1.31. The van der Waals surface area contributed by atoms with Crippen LogP contribution in [0.1, 0.15) is 25.7 Å². The van der Waals surface area contributed by atoms with Crippen molar-refractivity contribution in [1.82, 2.24) is 9.71 Å². The first-order valence-electron chi connectivity index (χ1n) is 6.15. The lowest BCUT2D eigenvalue weighted by atomic mass is 10.2. The van der Waals surface area contributed by atoms with Gasteiger partial charge in [-0.15, -0.1) is 0 Å². The number of aliphatic carboxylic acids is 1. The smallest absolute Gasteiger partial charge is 0.363 e. The molecule has 21 heavy (non-hydrogen) atoms. The second kappa shape index (κ2) is 7.64. The standard InChI is InChI=1S/C11H15N3O6S/c15-11(16)4-2-1-3-7-13-21(19,20)9-5-6-10(12-8-9)14(17)18/h5-6,8,13H,1-4,7H2,(H,15,16). The number of nitrogens with one attached hydrogen (secondary N) is 1. The maximum atomic E-state index is 11.8. The summed E-state index contributed by atoms with van der Waals surface area (Å²) in [6.45, 7) is 0.166. The lowest BCUT2D eigenvalue weighted by molar-refractivity contribution is -0.389. The van der Waals surface area contributed by atoms with E-state index in [0.29, 0.717) is 19.3 Å². The van der Waals surface area contributed by atoms with Crippen molar-refractivity contribution >= 4 is 21.8 Å². The van der Waals surface area contributed by atoms with E-state index in [2.05, 4.69) is 9.71 Å². The predicted octanol–water partition coefficient (Wildman–Crippen LogP) is 0.913.